The van der Waals surface area contributed by atoms with E-state index in [2.05, 4.69) is 14.2 Å². The zero-order chi connectivity index (χ0) is 37.2. The number of ether oxygens (including phenoxy) is 4. The monoisotopic (exact) mass is 716 g/mol. The summed E-state index contributed by atoms with van der Waals surface area (Å²) in [6.07, 6.45) is -25.7. The average molecular weight is 717 g/mol. The smallest absolute Gasteiger partial charge is 0.335 e. The second-order valence-corrected chi connectivity index (χ2v) is 10.7. The van der Waals surface area contributed by atoms with Crippen molar-refractivity contribution in [2.45, 2.75) is 123 Å². The van der Waals surface area contributed by atoms with Gasteiger partial charge >= 0.3 is 11.9 Å². The van der Waals surface area contributed by atoms with Crippen LogP contribution in [-0.2, 0) is 28.5 Å². The van der Waals surface area contributed by atoms with E-state index in [1.165, 1.54) is 0 Å². The Kier molecular flexibility index (Phi) is 18.5. The normalized spacial score (nSPS) is 45.9. The number of carbonyl (C=O) groups is 2. The molecule has 12 unspecified atom stereocenters. The van der Waals surface area contributed by atoms with E-state index in [4.69, 9.17) is 96.7 Å². The Labute approximate surface area is 269 Å². The van der Waals surface area contributed by atoms with E-state index in [9.17, 15) is 9.59 Å². The van der Waals surface area contributed by atoms with Crippen molar-refractivity contribution in [1.82, 2.24) is 0 Å². The fourth-order valence-corrected chi connectivity index (χ4v) is 4.29. The molecular formula is C24H44O24. The quantitative estimate of drug-likeness (QED) is 0.128. The molecule has 24 nitrogen and oxygen atoms in total. The van der Waals surface area contributed by atoms with Gasteiger partial charge in [0.15, 0.2) is 37.4 Å². The van der Waals surface area contributed by atoms with Gasteiger partial charge in [-0.05, 0) is 0 Å². The van der Waals surface area contributed by atoms with Gasteiger partial charge in [0.2, 0.25) is 0 Å². The minimum Gasteiger partial charge on any atom is -0.479 e. The summed E-state index contributed by atoms with van der Waals surface area (Å²) in [6.45, 7) is -0.933. The van der Waals surface area contributed by atoms with Gasteiger partial charge in [0.1, 0.15) is 61.0 Å². The SMILES string of the molecule is O=C(O)C1OC(O)C[C@@H](O)C1O.O=C(O)C1OC(O)[C@@H](O)[C@@H](O)C1O.OCC1OC(O)C[C@@H](O)C1O.OCC1OC(O)[C@H](O)[C@@H](O)C1O. The molecule has 0 saturated carbocycles. The van der Waals surface area contributed by atoms with E-state index in [1.54, 1.807) is 0 Å². The van der Waals surface area contributed by atoms with E-state index >= 15 is 0 Å². The molecule has 4 heterocycles. The van der Waals surface area contributed by atoms with Crippen LogP contribution in [0.25, 0.3) is 0 Å². The molecule has 4 aliphatic heterocycles. The molecule has 4 saturated heterocycles. The van der Waals surface area contributed by atoms with Crippen LogP contribution in [0.2, 0.25) is 0 Å². The Bertz CT molecular complexity index is 954. The maximum Gasteiger partial charge on any atom is 0.335 e. The van der Waals surface area contributed by atoms with Crippen LogP contribution in [0.3, 0.4) is 0 Å². The minimum atomic E-state index is -1.81. The van der Waals surface area contributed by atoms with Gasteiger partial charge in [-0.2, -0.15) is 0 Å². The summed E-state index contributed by atoms with van der Waals surface area (Å²) in [7, 11) is 0. The van der Waals surface area contributed by atoms with Crippen LogP contribution in [0.4, 0.5) is 0 Å². The molecule has 24 heteroatoms. The Morgan fingerprint density at radius 2 is 0.812 bits per heavy atom. The molecule has 18 N–H and O–H groups in total. The van der Waals surface area contributed by atoms with Gasteiger partial charge in [-0.3, -0.25) is 0 Å². The Morgan fingerprint density at radius 1 is 0.438 bits per heavy atom. The number of hydrogen-bond acceptors (Lipinski definition) is 22. The number of carboxylic acids is 2. The highest BCUT2D eigenvalue weighted by Gasteiger charge is 2.46. The Morgan fingerprint density at radius 3 is 1.27 bits per heavy atom. The number of aliphatic hydroxyl groups excluding tert-OH is 16. The molecule has 284 valence electrons. The van der Waals surface area contributed by atoms with Crippen molar-refractivity contribution in [1.29, 1.82) is 0 Å². The van der Waals surface area contributed by atoms with Crippen LogP contribution < -0.4 is 0 Å². The predicted octanol–water partition coefficient (Wildman–Crippen LogP) is -10.6. The van der Waals surface area contributed by atoms with Crippen LogP contribution in [0.5, 0.6) is 0 Å². The molecule has 48 heavy (non-hydrogen) atoms. The van der Waals surface area contributed by atoms with Crippen molar-refractivity contribution in [3.05, 3.63) is 0 Å². The fourth-order valence-electron chi connectivity index (χ4n) is 4.29. The molecule has 4 aliphatic rings. The standard InChI is InChI=1S/C6H10O7.C6H12O6.C6H10O6.C6H12O5/c7-1-2(8)4(5(10)11)13-6(12)3(1)9;7-1-2-3(8)4(9)5(10)6(11)12-2;7-2-1-3(8)12-5(4(2)9)6(10)11;7-2-4-6(10)3(8)1-5(9)11-4/h1-4,6-9,12H,(H,10,11);2-11H,1H2;2-5,7-9H,1H2,(H,10,11);3-10H,1-2H2/t1-,2?,3-,4?,6?;2?,3?,4-,5+,6?;2-,3?,4?,5?;3-,4?,5?,6?/m0011/s1. The summed E-state index contributed by atoms with van der Waals surface area (Å²) in [5.74, 6) is -2.92. The number of hydrogen-bond donors (Lipinski definition) is 18. The first-order valence-corrected chi connectivity index (χ1v) is 14.0. The topological polar surface area (TPSA) is 435 Å². The van der Waals surface area contributed by atoms with Gasteiger partial charge in [0.25, 0.3) is 0 Å². The van der Waals surface area contributed by atoms with Crippen molar-refractivity contribution >= 4 is 11.9 Å². The summed E-state index contributed by atoms with van der Waals surface area (Å²) in [5.41, 5.74) is 0. The third-order valence-electron chi connectivity index (χ3n) is 7.12. The van der Waals surface area contributed by atoms with Crippen LogP contribution in [0.15, 0.2) is 0 Å². The van der Waals surface area contributed by atoms with E-state index in [0.717, 1.165) is 0 Å². The fraction of sp³-hybridized carbons (Fsp3) is 0.917. The maximum absolute atomic E-state index is 10.4. The third-order valence-corrected chi connectivity index (χ3v) is 7.12. The molecule has 4 fully saturated rings. The van der Waals surface area contributed by atoms with Crippen LogP contribution >= 0.6 is 0 Å². The molecule has 0 aromatic rings. The zero-order valence-corrected chi connectivity index (χ0v) is 24.7. The Hall–Kier alpha value is -1.86. The van der Waals surface area contributed by atoms with Crippen molar-refractivity contribution in [2.24, 2.45) is 0 Å². The number of rotatable bonds is 4. The molecule has 0 aliphatic carbocycles. The molecule has 0 aromatic heterocycles. The first-order chi connectivity index (χ1) is 22.2. The zero-order valence-electron chi connectivity index (χ0n) is 24.7. The second kappa shape index (κ2) is 20.1. The molecule has 4 rings (SSSR count). The lowest BCUT2D eigenvalue weighted by atomic mass is 9.99. The van der Waals surface area contributed by atoms with E-state index in [1.807, 2.05) is 0 Å². The number of aliphatic carboxylic acids is 2. The highest BCUT2D eigenvalue weighted by Crippen LogP contribution is 2.21. The van der Waals surface area contributed by atoms with Crippen molar-refractivity contribution in [2.75, 3.05) is 13.2 Å². The molecule has 0 amide bonds. The van der Waals surface area contributed by atoms with E-state index in [-0.39, 0.29) is 12.8 Å². The van der Waals surface area contributed by atoms with Crippen molar-refractivity contribution in [3.8, 4) is 0 Å². The molecule has 18 atom stereocenters. The number of carboxylic acid groups (broad SMARTS) is 2. The lowest BCUT2D eigenvalue weighted by Gasteiger charge is -2.37. The third kappa shape index (κ3) is 12.2. The molecule has 0 spiro atoms. The highest BCUT2D eigenvalue weighted by molar-refractivity contribution is 5.73. The summed E-state index contributed by atoms with van der Waals surface area (Å²) >= 11 is 0. The molecule has 0 radical (unpaired) electrons. The Balaban J connectivity index is 0.000000320. The minimum absolute atomic E-state index is 0.0162. The van der Waals surface area contributed by atoms with Gasteiger partial charge in [0.05, 0.1) is 25.4 Å². The lowest BCUT2D eigenvalue weighted by molar-refractivity contribution is -0.286. The summed E-state index contributed by atoms with van der Waals surface area (Å²) < 4.78 is 18.1. The first-order valence-electron chi connectivity index (χ1n) is 14.0. The molecular weight excluding hydrogens is 672 g/mol. The first kappa shape index (κ1) is 44.2. The van der Waals surface area contributed by atoms with Gasteiger partial charge in [-0.15, -0.1) is 0 Å². The maximum atomic E-state index is 10.4. The van der Waals surface area contributed by atoms with Crippen LogP contribution in [0.1, 0.15) is 12.8 Å². The van der Waals surface area contributed by atoms with E-state index < -0.39 is 136 Å². The van der Waals surface area contributed by atoms with Crippen molar-refractivity contribution in [3.63, 3.8) is 0 Å². The molecule has 0 aromatic carbocycles. The van der Waals surface area contributed by atoms with E-state index in [0.29, 0.717) is 0 Å². The summed E-state index contributed by atoms with van der Waals surface area (Å²) in [5, 5.41) is 160. The van der Waals surface area contributed by atoms with Gasteiger partial charge < -0.3 is 111 Å². The number of aliphatic hydroxyl groups is 16. The summed E-state index contributed by atoms with van der Waals surface area (Å²) in [4.78, 5) is 20.7. The van der Waals surface area contributed by atoms with Crippen LogP contribution in [-0.4, -0.2) is 228 Å². The van der Waals surface area contributed by atoms with Crippen molar-refractivity contribution < 1.29 is 120 Å². The lowest BCUT2D eigenvalue weighted by Crippen LogP contribution is -2.59. The summed E-state index contributed by atoms with van der Waals surface area (Å²) in [6, 6.07) is 0. The molecule has 0 bridgehead atoms. The average Bonchev–Trinajstić information content (AvgIpc) is 3.02. The largest absolute Gasteiger partial charge is 0.479 e. The predicted molar refractivity (Wildman–Crippen MR) is 142 cm³/mol. The van der Waals surface area contributed by atoms with Gasteiger partial charge in [0, 0.05) is 12.8 Å². The van der Waals surface area contributed by atoms with Crippen LogP contribution in [0, 0.1) is 0 Å². The van der Waals surface area contributed by atoms with Gasteiger partial charge in [-0.1, -0.05) is 0 Å². The van der Waals surface area contributed by atoms with Gasteiger partial charge in [-0.25, -0.2) is 9.59 Å². The second-order valence-electron chi connectivity index (χ2n) is 10.7. The highest BCUT2D eigenvalue weighted by atomic mass is 16.7.